The van der Waals surface area contributed by atoms with Crippen LogP contribution >= 0.6 is 22.9 Å². The predicted molar refractivity (Wildman–Crippen MR) is 150 cm³/mol. The molecule has 0 atom stereocenters. The summed E-state index contributed by atoms with van der Waals surface area (Å²) in [6.45, 7) is 7.04. The summed E-state index contributed by atoms with van der Waals surface area (Å²) in [7, 11) is -3.64. The summed E-state index contributed by atoms with van der Waals surface area (Å²) in [4.78, 5) is 24.4. The van der Waals surface area contributed by atoms with Crippen LogP contribution in [0.15, 0.2) is 65.8 Å². The Morgan fingerprint density at radius 3 is 2.27 bits per heavy atom. The van der Waals surface area contributed by atoms with Gasteiger partial charge < -0.3 is 0 Å². The lowest BCUT2D eigenvalue weighted by atomic mass is 10.2. The van der Waals surface area contributed by atoms with Crippen molar-refractivity contribution in [3.63, 3.8) is 0 Å². The van der Waals surface area contributed by atoms with Crippen molar-refractivity contribution in [1.29, 1.82) is 0 Å². The molecule has 7 nitrogen and oxygen atoms in total. The highest BCUT2D eigenvalue weighted by molar-refractivity contribution is 7.89. The minimum atomic E-state index is -3.64. The summed E-state index contributed by atoms with van der Waals surface area (Å²) in [5.41, 5.74) is 3.00. The second-order valence-electron chi connectivity index (χ2n) is 8.74. The lowest BCUT2D eigenvalue weighted by Crippen LogP contribution is -2.33. The number of amides is 1. The van der Waals surface area contributed by atoms with Crippen molar-refractivity contribution in [3.8, 4) is 0 Å². The molecule has 0 aliphatic heterocycles. The molecule has 4 rings (SSSR count). The molecule has 0 unspecified atom stereocenters. The van der Waals surface area contributed by atoms with E-state index in [0.29, 0.717) is 28.8 Å². The monoisotopic (exact) mass is 556 g/mol. The van der Waals surface area contributed by atoms with E-state index in [9.17, 15) is 13.2 Å². The average Bonchev–Trinajstić information content (AvgIpc) is 3.31. The van der Waals surface area contributed by atoms with Crippen molar-refractivity contribution in [2.75, 3.05) is 18.0 Å². The number of nitrogens with zero attached hydrogens (tertiary/aromatic N) is 4. The summed E-state index contributed by atoms with van der Waals surface area (Å²) < 4.78 is 28.7. The van der Waals surface area contributed by atoms with E-state index in [1.165, 1.54) is 27.8 Å². The number of sulfonamides is 1. The third-order valence-corrected chi connectivity index (χ3v) is 9.05. The van der Waals surface area contributed by atoms with Gasteiger partial charge in [0.15, 0.2) is 5.13 Å². The fraction of sp³-hybridized carbons (Fsp3) is 0.296. The molecule has 10 heteroatoms. The summed E-state index contributed by atoms with van der Waals surface area (Å²) in [5.74, 6) is -0.275. The number of carbonyl (C=O) groups is 1. The fourth-order valence-corrected chi connectivity index (χ4v) is 7.12. The number of thiazole rings is 1. The molecule has 194 valence electrons. The first-order chi connectivity index (χ1) is 17.7. The lowest BCUT2D eigenvalue weighted by molar-refractivity contribution is 0.0985. The van der Waals surface area contributed by atoms with Gasteiger partial charge in [-0.15, -0.1) is 0 Å². The number of rotatable bonds is 10. The van der Waals surface area contributed by atoms with Gasteiger partial charge in [-0.1, -0.05) is 36.8 Å². The normalized spacial score (nSPS) is 11.8. The Morgan fingerprint density at radius 1 is 1.00 bits per heavy atom. The van der Waals surface area contributed by atoms with Gasteiger partial charge in [-0.05, 0) is 79.4 Å². The van der Waals surface area contributed by atoms with Gasteiger partial charge in [-0.2, -0.15) is 4.31 Å². The van der Waals surface area contributed by atoms with Crippen LogP contribution in [0.25, 0.3) is 10.2 Å². The molecule has 2 heterocycles. The summed E-state index contributed by atoms with van der Waals surface area (Å²) in [5, 5.41) is 1.15. The van der Waals surface area contributed by atoms with E-state index < -0.39 is 10.0 Å². The van der Waals surface area contributed by atoms with E-state index >= 15 is 0 Å². The van der Waals surface area contributed by atoms with Crippen LogP contribution in [0.1, 0.15) is 48.2 Å². The van der Waals surface area contributed by atoms with Crippen molar-refractivity contribution < 1.29 is 13.2 Å². The van der Waals surface area contributed by atoms with E-state index in [0.717, 1.165) is 34.2 Å². The predicted octanol–water partition coefficient (Wildman–Crippen LogP) is 6.31. The second-order valence-corrected chi connectivity index (χ2v) is 12.1. The Labute approximate surface area is 226 Å². The van der Waals surface area contributed by atoms with Crippen LogP contribution in [-0.4, -0.2) is 41.7 Å². The van der Waals surface area contributed by atoms with Crippen LogP contribution in [0.5, 0.6) is 0 Å². The number of halogens is 1. The smallest absolute Gasteiger partial charge is 0.260 e. The number of pyridine rings is 1. The van der Waals surface area contributed by atoms with E-state index in [-0.39, 0.29) is 17.3 Å². The summed E-state index contributed by atoms with van der Waals surface area (Å²) in [6.07, 6.45) is 4.82. The molecule has 0 radical (unpaired) electrons. The molecule has 0 aliphatic rings. The Balaban J connectivity index is 1.70. The van der Waals surface area contributed by atoms with Crippen molar-refractivity contribution >= 4 is 54.2 Å². The molecule has 0 saturated carbocycles. The fourth-order valence-electron chi connectivity index (χ4n) is 4.08. The number of hydrogen-bond acceptors (Lipinski definition) is 6. The maximum absolute atomic E-state index is 13.8. The maximum atomic E-state index is 13.8. The average molecular weight is 557 g/mol. The zero-order chi connectivity index (χ0) is 26.6. The van der Waals surface area contributed by atoms with Crippen LogP contribution in [0.4, 0.5) is 5.13 Å². The number of aryl methyl sites for hydroxylation is 1. The number of anilines is 1. The standard InChI is InChI=1S/C27H29ClN4O3S2/c1-4-14-31(15-5-2)37(34,35)23-8-6-21(7-9-23)26(33)32(18-20-10-12-29-13-11-20)27-30-25-19(3)16-22(28)17-24(25)36-27/h6-13,16-17H,4-5,14-15,18H2,1-3H3. The maximum Gasteiger partial charge on any atom is 0.260 e. The number of carbonyl (C=O) groups excluding carboxylic acids is 1. The van der Waals surface area contributed by atoms with Gasteiger partial charge in [0, 0.05) is 36.1 Å². The largest absolute Gasteiger partial charge is 0.279 e. The second kappa shape index (κ2) is 11.7. The molecule has 4 aromatic rings. The summed E-state index contributed by atoms with van der Waals surface area (Å²) >= 11 is 7.64. The van der Waals surface area contributed by atoms with E-state index in [4.69, 9.17) is 16.6 Å². The summed E-state index contributed by atoms with van der Waals surface area (Å²) in [6, 6.07) is 13.5. The first-order valence-corrected chi connectivity index (χ1v) is 14.8. The molecule has 2 aromatic heterocycles. The molecule has 1 amide bonds. The van der Waals surface area contributed by atoms with Gasteiger partial charge in [0.2, 0.25) is 10.0 Å². The van der Waals surface area contributed by atoms with Crippen molar-refractivity contribution in [2.45, 2.75) is 45.1 Å². The van der Waals surface area contributed by atoms with E-state index in [2.05, 4.69) is 4.98 Å². The quantitative estimate of drug-likeness (QED) is 0.228. The van der Waals surface area contributed by atoms with Crippen molar-refractivity contribution in [3.05, 3.63) is 82.6 Å². The Kier molecular flexibility index (Phi) is 8.59. The Bertz CT molecular complexity index is 1480. The highest BCUT2D eigenvalue weighted by Crippen LogP contribution is 2.34. The highest BCUT2D eigenvalue weighted by atomic mass is 35.5. The number of fused-ring (bicyclic) bond motifs is 1. The van der Waals surface area contributed by atoms with Crippen molar-refractivity contribution in [2.24, 2.45) is 0 Å². The zero-order valence-corrected chi connectivity index (χ0v) is 23.4. The topological polar surface area (TPSA) is 83.5 Å². The van der Waals surface area contributed by atoms with E-state index in [1.807, 2.05) is 45.0 Å². The van der Waals surface area contributed by atoms with Gasteiger partial charge >= 0.3 is 0 Å². The van der Waals surface area contributed by atoms with Crippen LogP contribution in [0.2, 0.25) is 5.02 Å². The minimum absolute atomic E-state index is 0.178. The minimum Gasteiger partial charge on any atom is -0.279 e. The van der Waals surface area contributed by atoms with Crippen LogP contribution in [0.3, 0.4) is 0 Å². The molecule has 0 bridgehead atoms. The molecular weight excluding hydrogens is 528 g/mol. The van der Waals surface area contributed by atoms with Crippen molar-refractivity contribution in [1.82, 2.24) is 14.3 Å². The number of hydrogen-bond donors (Lipinski definition) is 0. The Morgan fingerprint density at radius 2 is 1.65 bits per heavy atom. The third kappa shape index (κ3) is 6.01. The molecule has 0 N–H and O–H groups in total. The number of aromatic nitrogens is 2. The van der Waals surface area contributed by atoms with Gasteiger partial charge in [0.1, 0.15) is 0 Å². The number of benzene rings is 2. The van der Waals surface area contributed by atoms with Gasteiger partial charge in [0.05, 0.1) is 21.7 Å². The van der Waals surface area contributed by atoms with Gasteiger partial charge in [-0.3, -0.25) is 14.7 Å². The molecule has 37 heavy (non-hydrogen) atoms. The van der Waals surface area contributed by atoms with Crippen LogP contribution < -0.4 is 4.90 Å². The molecular formula is C27H29ClN4O3S2. The Hall–Kier alpha value is -2.85. The zero-order valence-electron chi connectivity index (χ0n) is 21.0. The van der Waals surface area contributed by atoms with Crippen LogP contribution in [0, 0.1) is 6.92 Å². The molecule has 0 aliphatic carbocycles. The molecule has 2 aromatic carbocycles. The third-order valence-electron chi connectivity index (χ3n) is 5.89. The highest BCUT2D eigenvalue weighted by Gasteiger charge is 2.26. The SMILES string of the molecule is CCCN(CCC)S(=O)(=O)c1ccc(C(=O)N(Cc2ccncc2)c2nc3c(C)cc(Cl)cc3s2)cc1. The van der Waals surface area contributed by atoms with Gasteiger partial charge in [-0.25, -0.2) is 13.4 Å². The molecule has 0 fully saturated rings. The first-order valence-electron chi connectivity index (χ1n) is 12.1. The first kappa shape index (κ1) is 27.2. The molecule has 0 spiro atoms. The van der Waals surface area contributed by atoms with E-state index in [1.54, 1.807) is 29.4 Å². The van der Waals surface area contributed by atoms with Crippen LogP contribution in [-0.2, 0) is 16.6 Å². The van der Waals surface area contributed by atoms with Gasteiger partial charge in [0.25, 0.3) is 5.91 Å². The molecule has 0 saturated heterocycles. The lowest BCUT2D eigenvalue weighted by Gasteiger charge is -2.22.